The van der Waals surface area contributed by atoms with Crippen LogP contribution in [0.3, 0.4) is 0 Å². The van der Waals surface area contributed by atoms with Gasteiger partial charge in [-0.05, 0) is 56.8 Å². The summed E-state index contributed by atoms with van der Waals surface area (Å²) >= 11 is 0. The molecule has 0 radical (unpaired) electrons. The van der Waals surface area contributed by atoms with Gasteiger partial charge in [-0.15, -0.1) is 0 Å². The Hall–Kier alpha value is -0.630. The first-order valence-electron chi connectivity index (χ1n) is 8.59. The van der Waals surface area contributed by atoms with Gasteiger partial charge in [-0.2, -0.15) is 0 Å². The van der Waals surface area contributed by atoms with Crippen LogP contribution in [0.25, 0.3) is 0 Å². The monoisotopic (exact) mass is 292 g/mol. The van der Waals surface area contributed by atoms with Gasteiger partial charge in [0.2, 0.25) is 0 Å². The number of aliphatic hydroxyl groups is 1. The molecule has 0 aromatic carbocycles. The summed E-state index contributed by atoms with van der Waals surface area (Å²) in [6.45, 7) is 10.4. The molecule has 2 heteroatoms. The Morgan fingerprint density at radius 3 is 2.57 bits per heavy atom. The van der Waals surface area contributed by atoms with Crippen molar-refractivity contribution in [1.82, 2.24) is 0 Å². The largest absolute Gasteiger partial charge is 0.390 e. The van der Waals surface area contributed by atoms with Gasteiger partial charge >= 0.3 is 0 Å². The fourth-order valence-electron chi connectivity index (χ4n) is 4.55. The molecule has 0 saturated heterocycles. The first-order valence-corrected chi connectivity index (χ1v) is 8.59. The number of allylic oxidation sites excluding steroid dienone is 1. The Morgan fingerprint density at radius 2 is 1.95 bits per heavy atom. The number of rotatable bonds is 4. The van der Waals surface area contributed by atoms with E-state index in [4.69, 9.17) is 0 Å². The first kappa shape index (κ1) is 16.7. The molecule has 0 amide bonds. The molecule has 0 unspecified atom stereocenters. The van der Waals surface area contributed by atoms with E-state index in [1.54, 1.807) is 0 Å². The Kier molecular flexibility index (Phi) is 4.68. The average Bonchev–Trinajstić information content (AvgIpc) is 2.73. The van der Waals surface area contributed by atoms with Crippen molar-refractivity contribution in [3.05, 3.63) is 12.2 Å². The van der Waals surface area contributed by atoms with E-state index < -0.39 is 5.60 Å². The molecule has 2 saturated carbocycles. The fourth-order valence-corrected chi connectivity index (χ4v) is 4.55. The Balaban J connectivity index is 2.08. The highest BCUT2D eigenvalue weighted by Gasteiger charge is 2.51. The number of fused-ring (bicyclic) bond motifs is 1. The normalized spacial score (nSPS) is 36.8. The van der Waals surface area contributed by atoms with Crippen molar-refractivity contribution in [1.29, 1.82) is 0 Å². The second-order valence-corrected chi connectivity index (χ2v) is 8.25. The lowest BCUT2D eigenvalue weighted by molar-refractivity contribution is -0.129. The molecule has 0 aromatic rings. The van der Waals surface area contributed by atoms with E-state index in [9.17, 15) is 9.90 Å². The molecule has 2 aliphatic carbocycles. The predicted octanol–water partition coefficient (Wildman–Crippen LogP) is 4.37. The van der Waals surface area contributed by atoms with E-state index in [-0.39, 0.29) is 11.3 Å². The van der Waals surface area contributed by atoms with Crippen molar-refractivity contribution in [2.24, 2.45) is 29.1 Å². The molecule has 5 atom stereocenters. The van der Waals surface area contributed by atoms with Gasteiger partial charge in [-0.3, -0.25) is 4.79 Å². The van der Waals surface area contributed by atoms with E-state index in [0.717, 1.165) is 19.3 Å². The maximum Gasteiger partial charge on any atom is 0.136 e. The lowest BCUT2D eigenvalue weighted by atomic mass is 9.62. The lowest BCUT2D eigenvalue weighted by Crippen LogP contribution is -2.39. The van der Waals surface area contributed by atoms with Crippen molar-refractivity contribution in [3.63, 3.8) is 0 Å². The molecular formula is C19H32O2. The molecule has 0 spiro atoms. The maximum atomic E-state index is 12.2. The molecule has 2 fully saturated rings. The van der Waals surface area contributed by atoms with E-state index in [1.807, 2.05) is 13.8 Å². The van der Waals surface area contributed by atoms with E-state index in [1.165, 1.54) is 12.8 Å². The van der Waals surface area contributed by atoms with Gasteiger partial charge in [0, 0.05) is 18.3 Å². The van der Waals surface area contributed by atoms with Crippen LogP contribution >= 0.6 is 0 Å². The van der Waals surface area contributed by atoms with Crippen LogP contribution in [-0.2, 0) is 4.79 Å². The molecule has 1 N–H and O–H groups in total. The smallest absolute Gasteiger partial charge is 0.136 e. The van der Waals surface area contributed by atoms with E-state index >= 15 is 0 Å². The summed E-state index contributed by atoms with van der Waals surface area (Å²) < 4.78 is 0. The van der Waals surface area contributed by atoms with Gasteiger partial charge < -0.3 is 5.11 Å². The molecule has 2 rings (SSSR count). The fraction of sp³-hybridized carbons (Fsp3) is 0.842. The van der Waals surface area contributed by atoms with Crippen LogP contribution in [0, 0.1) is 29.1 Å². The summed E-state index contributed by atoms with van der Waals surface area (Å²) in [5.74, 6) is 2.05. The average molecular weight is 292 g/mol. The molecule has 0 aromatic heterocycles. The number of carbonyl (C=O) groups excluding carboxylic acids is 1. The third-order valence-corrected chi connectivity index (χ3v) is 6.39. The van der Waals surface area contributed by atoms with Crippen LogP contribution in [0.15, 0.2) is 12.2 Å². The molecule has 2 aliphatic rings. The minimum absolute atomic E-state index is 0.151. The van der Waals surface area contributed by atoms with Crippen molar-refractivity contribution >= 4 is 5.78 Å². The third-order valence-electron chi connectivity index (χ3n) is 6.39. The van der Waals surface area contributed by atoms with Gasteiger partial charge in [0.1, 0.15) is 5.78 Å². The third kappa shape index (κ3) is 3.26. The van der Waals surface area contributed by atoms with E-state index in [2.05, 4.69) is 32.9 Å². The molecule has 2 nitrogen and oxygen atoms in total. The maximum absolute atomic E-state index is 12.2. The molecule has 120 valence electrons. The number of Topliss-reactive ketones (excluding diaryl/α,β-unsaturated/α-hetero) is 1. The summed E-state index contributed by atoms with van der Waals surface area (Å²) in [7, 11) is 0. The molecular weight excluding hydrogens is 260 g/mol. The first-order chi connectivity index (χ1) is 9.66. The van der Waals surface area contributed by atoms with Crippen LogP contribution < -0.4 is 0 Å². The van der Waals surface area contributed by atoms with Crippen LogP contribution in [0.4, 0.5) is 0 Å². The summed E-state index contributed by atoms with van der Waals surface area (Å²) in [5.41, 5.74) is -0.462. The molecule has 0 heterocycles. The van der Waals surface area contributed by atoms with E-state index in [0.29, 0.717) is 23.5 Å². The van der Waals surface area contributed by atoms with Crippen molar-refractivity contribution in [2.75, 3.05) is 0 Å². The zero-order valence-electron chi connectivity index (χ0n) is 14.4. The summed E-state index contributed by atoms with van der Waals surface area (Å²) in [5, 5.41) is 10.0. The number of ketones is 1. The van der Waals surface area contributed by atoms with Crippen molar-refractivity contribution in [3.8, 4) is 0 Å². The standard InChI is InChI=1S/C19H32O2/c1-13(8-9-14(2)18(3,4)21)15-10-11-16-17(20)7-6-12-19(15,16)5/h8-9,13-16,21H,6-7,10-12H2,1-5H3/b9-8+/t13-,14+,15-,16+,19-/m1/s1. The Bertz CT molecular complexity index is 418. The second-order valence-electron chi connectivity index (χ2n) is 8.25. The minimum Gasteiger partial charge on any atom is -0.390 e. The van der Waals surface area contributed by atoms with Gasteiger partial charge in [-0.25, -0.2) is 0 Å². The zero-order chi connectivity index (χ0) is 15.8. The van der Waals surface area contributed by atoms with Crippen LogP contribution in [-0.4, -0.2) is 16.5 Å². The molecule has 0 bridgehead atoms. The topological polar surface area (TPSA) is 37.3 Å². The highest BCUT2D eigenvalue weighted by Crippen LogP contribution is 2.56. The number of carbonyl (C=O) groups is 1. The molecule has 0 aliphatic heterocycles. The quantitative estimate of drug-likeness (QED) is 0.781. The van der Waals surface area contributed by atoms with Crippen LogP contribution in [0.5, 0.6) is 0 Å². The highest BCUT2D eigenvalue weighted by molar-refractivity contribution is 5.83. The Morgan fingerprint density at radius 1 is 1.29 bits per heavy atom. The predicted molar refractivity (Wildman–Crippen MR) is 86.9 cm³/mol. The zero-order valence-corrected chi connectivity index (χ0v) is 14.4. The van der Waals surface area contributed by atoms with Crippen molar-refractivity contribution < 1.29 is 9.90 Å². The van der Waals surface area contributed by atoms with Gasteiger partial charge in [0.25, 0.3) is 0 Å². The Labute approximate surface area is 130 Å². The van der Waals surface area contributed by atoms with Gasteiger partial charge in [0.05, 0.1) is 5.60 Å². The number of hydrogen-bond donors (Lipinski definition) is 1. The van der Waals surface area contributed by atoms with Gasteiger partial charge in [0.15, 0.2) is 0 Å². The summed E-state index contributed by atoms with van der Waals surface area (Å²) in [6, 6.07) is 0. The van der Waals surface area contributed by atoms with Crippen molar-refractivity contribution in [2.45, 2.75) is 72.3 Å². The number of hydrogen-bond acceptors (Lipinski definition) is 2. The summed E-state index contributed by atoms with van der Waals surface area (Å²) in [6.07, 6.45) is 9.76. The SMILES string of the molecule is C[C@H](/C=C/[C@H](C)C(C)(C)O)[C@H]1CC[C@H]2C(=O)CCC[C@]12C. The summed E-state index contributed by atoms with van der Waals surface area (Å²) in [4.78, 5) is 12.2. The highest BCUT2D eigenvalue weighted by atomic mass is 16.3. The lowest BCUT2D eigenvalue weighted by Gasteiger charge is -2.41. The second kappa shape index (κ2) is 5.87. The van der Waals surface area contributed by atoms with Gasteiger partial charge in [-0.1, -0.05) is 32.9 Å². The minimum atomic E-state index is -0.668. The van der Waals surface area contributed by atoms with Crippen LogP contribution in [0.1, 0.15) is 66.7 Å². The van der Waals surface area contributed by atoms with Crippen LogP contribution in [0.2, 0.25) is 0 Å². The molecule has 21 heavy (non-hydrogen) atoms.